The highest BCUT2D eigenvalue weighted by Gasteiger charge is 2.14. The highest BCUT2D eigenvalue weighted by atomic mass is 19.1. The zero-order chi connectivity index (χ0) is 16.7. The highest BCUT2D eigenvalue weighted by molar-refractivity contribution is 5.77. The first kappa shape index (κ1) is 18.4. The van der Waals surface area contributed by atoms with Crippen molar-refractivity contribution in [3.05, 3.63) is 29.3 Å². The Morgan fingerprint density at radius 1 is 1.18 bits per heavy atom. The largest absolute Gasteiger partial charge is 0.486 e. The van der Waals surface area contributed by atoms with Gasteiger partial charge in [-0.05, 0) is 37.5 Å². The van der Waals surface area contributed by atoms with Crippen LogP contribution in [0.15, 0.2) is 12.1 Å². The summed E-state index contributed by atoms with van der Waals surface area (Å²) in [5.74, 6) is -2.17. The molecule has 1 rings (SSSR count). The van der Waals surface area contributed by atoms with Crippen molar-refractivity contribution in [1.29, 1.82) is 0 Å². The zero-order valence-corrected chi connectivity index (χ0v) is 13.4. The standard InChI is InChI=1S/C16H23F2NO3/c1-10(2)12-7-13(17)16(14(18)8-12)21-6-5-19-15(20)9-22-11(3)4/h7-8,10-11H,5-6,9H2,1-4H3,(H,19,20). The van der Waals surface area contributed by atoms with Gasteiger partial charge in [0.1, 0.15) is 13.2 Å². The maximum atomic E-state index is 13.8. The topological polar surface area (TPSA) is 47.6 Å². The van der Waals surface area contributed by atoms with Crippen LogP contribution in [0.2, 0.25) is 0 Å². The van der Waals surface area contributed by atoms with E-state index in [1.54, 1.807) is 0 Å². The summed E-state index contributed by atoms with van der Waals surface area (Å²) < 4.78 is 37.8. The molecule has 1 amide bonds. The van der Waals surface area contributed by atoms with Gasteiger partial charge in [0.25, 0.3) is 0 Å². The molecular formula is C16H23F2NO3. The fourth-order valence-electron chi connectivity index (χ4n) is 1.69. The molecule has 1 aromatic rings. The van der Waals surface area contributed by atoms with Gasteiger partial charge in [0, 0.05) is 0 Å². The smallest absolute Gasteiger partial charge is 0.246 e. The molecule has 0 bridgehead atoms. The second-order valence-corrected chi connectivity index (χ2v) is 5.53. The minimum atomic E-state index is -0.738. The molecule has 0 aliphatic carbocycles. The van der Waals surface area contributed by atoms with Crippen molar-refractivity contribution in [2.45, 2.75) is 39.7 Å². The molecule has 1 aromatic carbocycles. The summed E-state index contributed by atoms with van der Waals surface area (Å²) in [5, 5.41) is 2.54. The molecule has 1 N–H and O–H groups in total. The van der Waals surface area contributed by atoms with E-state index in [0.717, 1.165) is 0 Å². The maximum Gasteiger partial charge on any atom is 0.246 e. The van der Waals surface area contributed by atoms with Crippen molar-refractivity contribution >= 4 is 5.91 Å². The van der Waals surface area contributed by atoms with Crippen molar-refractivity contribution in [2.24, 2.45) is 0 Å². The molecule has 22 heavy (non-hydrogen) atoms. The van der Waals surface area contributed by atoms with Crippen LogP contribution >= 0.6 is 0 Å². The van der Waals surface area contributed by atoms with Crippen LogP contribution in [0, 0.1) is 11.6 Å². The average Bonchev–Trinajstić information content (AvgIpc) is 2.43. The molecule has 0 saturated carbocycles. The number of ether oxygens (including phenoxy) is 2. The normalized spacial score (nSPS) is 11.1. The Labute approximate surface area is 129 Å². The van der Waals surface area contributed by atoms with E-state index in [0.29, 0.717) is 5.56 Å². The quantitative estimate of drug-likeness (QED) is 0.750. The molecule has 6 heteroatoms. The Bertz CT molecular complexity index is 481. The third kappa shape index (κ3) is 5.97. The van der Waals surface area contributed by atoms with Crippen LogP contribution in [0.25, 0.3) is 0 Å². The molecule has 0 fully saturated rings. The summed E-state index contributed by atoms with van der Waals surface area (Å²) in [5.41, 5.74) is 0.571. The lowest BCUT2D eigenvalue weighted by Gasteiger charge is -2.12. The summed E-state index contributed by atoms with van der Waals surface area (Å²) in [6.07, 6.45) is -0.0373. The molecule has 4 nitrogen and oxygen atoms in total. The van der Waals surface area contributed by atoms with Gasteiger partial charge in [-0.25, -0.2) is 8.78 Å². The van der Waals surface area contributed by atoms with E-state index in [9.17, 15) is 13.6 Å². The van der Waals surface area contributed by atoms with Crippen molar-refractivity contribution in [2.75, 3.05) is 19.8 Å². The van der Waals surface area contributed by atoms with E-state index in [4.69, 9.17) is 9.47 Å². The Balaban J connectivity index is 2.44. The summed E-state index contributed by atoms with van der Waals surface area (Å²) >= 11 is 0. The van der Waals surface area contributed by atoms with Gasteiger partial charge in [-0.2, -0.15) is 0 Å². The Morgan fingerprint density at radius 2 is 1.77 bits per heavy atom. The summed E-state index contributed by atoms with van der Waals surface area (Å²) in [7, 11) is 0. The lowest BCUT2D eigenvalue weighted by Crippen LogP contribution is -2.32. The first-order valence-electron chi connectivity index (χ1n) is 7.31. The van der Waals surface area contributed by atoms with E-state index < -0.39 is 17.4 Å². The van der Waals surface area contributed by atoms with Crippen LogP contribution in [0.4, 0.5) is 8.78 Å². The molecule has 0 saturated heterocycles. The summed E-state index contributed by atoms with van der Waals surface area (Å²) in [4.78, 5) is 11.4. The van der Waals surface area contributed by atoms with Crippen LogP contribution < -0.4 is 10.1 Å². The van der Waals surface area contributed by atoms with Gasteiger partial charge in [-0.1, -0.05) is 13.8 Å². The molecule has 0 atom stereocenters. The molecule has 0 radical (unpaired) electrons. The first-order chi connectivity index (χ1) is 10.3. The number of nitrogens with one attached hydrogen (secondary N) is 1. The predicted octanol–water partition coefficient (Wildman–Crippen LogP) is 3.01. The van der Waals surface area contributed by atoms with Crippen LogP contribution in [0.5, 0.6) is 5.75 Å². The van der Waals surface area contributed by atoms with Gasteiger partial charge in [-0.3, -0.25) is 4.79 Å². The Kier molecular flexibility index (Phi) is 7.24. The molecule has 0 aromatic heterocycles. The van der Waals surface area contributed by atoms with E-state index in [2.05, 4.69) is 5.32 Å². The van der Waals surface area contributed by atoms with Crippen molar-refractivity contribution in [1.82, 2.24) is 5.32 Å². The minimum Gasteiger partial charge on any atom is -0.486 e. The molecule has 0 unspecified atom stereocenters. The van der Waals surface area contributed by atoms with E-state index in [1.165, 1.54) is 12.1 Å². The van der Waals surface area contributed by atoms with E-state index in [-0.39, 0.29) is 37.7 Å². The van der Waals surface area contributed by atoms with Gasteiger partial charge >= 0.3 is 0 Å². The first-order valence-corrected chi connectivity index (χ1v) is 7.31. The van der Waals surface area contributed by atoms with E-state index in [1.807, 2.05) is 27.7 Å². The van der Waals surface area contributed by atoms with Gasteiger partial charge in [0.15, 0.2) is 17.4 Å². The van der Waals surface area contributed by atoms with E-state index >= 15 is 0 Å². The number of halogens is 2. The average molecular weight is 315 g/mol. The number of carbonyl (C=O) groups is 1. The number of hydrogen-bond donors (Lipinski definition) is 1. The minimum absolute atomic E-state index is 0.0255. The number of amides is 1. The summed E-state index contributed by atoms with van der Waals surface area (Å²) in [6.45, 7) is 7.41. The van der Waals surface area contributed by atoms with Crippen LogP contribution in [-0.4, -0.2) is 31.8 Å². The highest BCUT2D eigenvalue weighted by Crippen LogP contribution is 2.26. The Hall–Kier alpha value is -1.69. The van der Waals surface area contributed by atoms with Crippen LogP contribution in [-0.2, 0) is 9.53 Å². The van der Waals surface area contributed by atoms with Crippen molar-refractivity contribution in [3.8, 4) is 5.75 Å². The second-order valence-electron chi connectivity index (χ2n) is 5.53. The van der Waals surface area contributed by atoms with Gasteiger partial charge in [0.2, 0.25) is 5.91 Å². The monoisotopic (exact) mass is 315 g/mol. The fourth-order valence-corrected chi connectivity index (χ4v) is 1.69. The lowest BCUT2D eigenvalue weighted by molar-refractivity contribution is -0.127. The number of hydrogen-bond acceptors (Lipinski definition) is 3. The zero-order valence-electron chi connectivity index (χ0n) is 13.4. The number of carbonyl (C=O) groups excluding carboxylic acids is 1. The fraction of sp³-hybridized carbons (Fsp3) is 0.562. The molecule has 0 heterocycles. The van der Waals surface area contributed by atoms with Gasteiger partial charge in [0.05, 0.1) is 12.6 Å². The molecule has 0 aliphatic heterocycles. The van der Waals surface area contributed by atoms with Gasteiger partial charge < -0.3 is 14.8 Å². The molecule has 0 aliphatic rings. The predicted molar refractivity (Wildman–Crippen MR) is 80.0 cm³/mol. The molecular weight excluding hydrogens is 292 g/mol. The SMILES string of the molecule is CC(C)OCC(=O)NCCOc1c(F)cc(C(C)C)cc1F. The van der Waals surface area contributed by atoms with Crippen molar-refractivity contribution < 1.29 is 23.0 Å². The second kappa shape index (κ2) is 8.68. The van der Waals surface area contributed by atoms with Crippen LogP contribution in [0.3, 0.4) is 0 Å². The Morgan fingerprint density at radius 3 is 2.27 bits per heavy atom. The molecule has 0 spiro atoms. The maximum absolute atomic E-state index is 13.8. The van der Waals surface area contributed by atoms with Crippen molar-refractivity contribution in [3.63, 3.8) is 0 Å². The summed E-state index contributed by atoms with van der Waals surface area (Å²) in [6, 6.07) is 2.52. The third-order valence-electron chi connectivity index (χ3n) is 2.91. The third-order valence-corrected chi connectivity index (χ3v) is 2.91. The lowest BCUT2D eigenvalue weighted by atomic mass is 10.0. The molecule has 124 valence electrons. The van der Waals surface area contributed by atoms with Crippen LogP contribution in [0.1, 0.15) is 39.2 Å². The number of rotatable bonds is 8. The van der Waals surface area contributed by atoms with Gasteiger partial charge in [-0.15, -0.1) is 0 Å². The number of benzene rings is 1.